The molecule has 1 heterocycles. The number of primary amides is 1. The van der Waals surface area contributed by atoms with Crippen molar-refractivity contribution in [2.75, 3.05) is 0 Å². The molecule has 0 saturated carbocycles. The monoisotopic (exact) mass is 335 g/mol. The van der Waals surface area contributed by atoms with Crippen LogP contribution >= 0.6 is 0 Å². The molecule has 6 heteroatoms. The number of para-hydroxylation sites is 1. The highest BCUT2D eigenvalue weighted by atomic mass is 16.5. The van der Waals surface area contributed by atoms with Gasteiger partial charge < -0.3 is 10.8 Å². The number of carbonyl (C=O) groups is 1. The van der Waals surface area contributed by atoms with E-state index in [0.717, 1.165) is 22.1 Å². The van der Waals surface area contributed by atoms with Crippen LogP contribution < -0.4 is 5.73 Å². The van der Waals surface area contributed by atoms with Crippen molar-refractivity contribution in [2.24, 2.45) is 5.73 Å². The Bertz CT molecular complexity index is 973. The molecule has 0 spiro atoms. The molecule has 4 N–H and O–H groups in total. The van der Waals surface area contributed by atoms with E-state index in [9.17, 15) is 15.1 Å². The first-order valence-electron chi connectivity index (χ1n) is 7.99. The minimum atomic E-state index is -0.891. The Morgan fingerprint density at radius 2 is 2.00 bits per heavy atom. The molecular formula is C19H17N3O3. The fraction of sp³-hybridized carbons (Fsp3) is 0.158. The van der Waals surface area contributed by atoms with Gasteiger partial charge in [-0.25, -0.2) is 4.79 Å². The number of fused-ring (bicyclic) bond motifs is 2. The largest absolute Gasteiger partial charge is 0.506 e. The predicted molar refractivity (Wildman–Crippen MR) is 92.2 cm³/mol. The van der Waals surface area contributed by atoms with E-state index in [1.807, 2.05) is 36.4 Å². The third kappa shape index (κ3) is 2.47. The second-order valence-electron chi connectivity index (χ2n) is 6.25. The molecule has 1 aliphatic rings. The average Bonchev–Trinajstić information content (AvgIpc) is 3.00. The molecule has 2 unspecified atom stereocenters. The molecule has 6 nitrogen and oxygen atoms in total. The number of hydrogen-bond acceptors (Lipinski definition) is 4. The van der Waals surface area contributed by atoms with Gasteiger partial charge in [0.2, 0.25) is 0 Å². The van der Waals surface area contributed by atoms with E-state index < -0.39 is 12.1 Å². The highest BCUT2D eigenvalue weighted by Gasteiger charge is 2.39. The number of hydrogen-bond donors (Lipinski definition) is 3. The molecule has 0 radical (unpaired) electrons. The Morgan fingerprint density at radius 3 is 2.80 bits per heavy atom. The molecule has 3 aromatic rings. The van der Waals surface area contributed by atoms with Gasteiger partial charge in [-0.2, -0.15) is 5.06 Å². The second-order valence-corrected chi connectivity index (χ2v) is 6.25. The van der Waals surface area contributed by atoms with Crippen LogP contribution in [0.15, 0.2) is 54.7 Å². The lowest BCUT2D eigenvalue weighted by Gasteiger charge is -2.27. The smallest absolute Gasteiger partial charge is 0.339 e. The number of nitrogens with zero attached hydrogens (tertiary/aromatic N) is 2. The molecule has 0 fully saturated rings. The lowest BCUT2D eigenvalue weighted by molar-refractivity contribution is -0.0810. The molecule has 2 aromatic carbocycles. The van der Waals surface area contributed by atoms with Crippen LogP contribution in [0, 0.1) is 0 Å². The molecule has 1 aliphatic carbocycles. The summed E-state index contributed by atoms with van der Waals surface area (Å²) in [6, 6.07) is 13.4. The van der Waals surface area contributed by atoms with Gasteiger partial charge >= 0.3 is 6.03 Å². The van der Waals surface area contributed by atoms with Crippen molar-refractivity contribution in [1.29, 1.82) is 0 Å². The Labute approximate surface area is 144 Å². The van der Waals surface area contributed by atoms with Crippen molar-refractivity contribution < 1.29 is 15.1 Å². The van der Waals surface area contributed by atoms with Crippen LogP contribution in [0.1, 0.15) is 28.7 Å². The van der Waals surface area contributed by atoms with Crippen molar-refractivity contribution in [3.05, 3.63) is 71.4 Å². The number of aromatic hydroxyl groups is 1. The van der Waals surface area contributed by atoms with Crippen LogP contribution in [0.25, 0.3) is 10.9 Å². The standard InChI is InChI=1S/C19H17N3O3/c20-19(24)22(25)18-14-6-2-1-4-11(14)9-15(18)13-8-12-5-3-7-16(23)17(12)21-10-13/h1-8,10,15,18,23,25H,9H2,(H2,20,24). The number of carbonyl (C=O) groups excluding carboxylic acids is 1. The summed E-state index contributed by atoms with van der Waals surface area (Å²) in [5.74, 6) is -0.0506. The van der Waals surface area contributed by atoms with Crippen molar-refractivity contribution in [2.45, 2.75) is 18.4 Å². The molecule has 1 aromatic heterocycles. The van der Waals surface area contributed by atoms with Crippen molar-refractivity contribution in [3.63, 3.8) is 0 Å². The minimum Gasteiger partial charge on any atom is -0.506 e. The van der Waals surface area contributed by atoms with Crippen LogP contribution in [0.2, 0.25) is 0 Å². The van der Waals surface area contributed by atoms with Crippen molar-refractivity contribution in [3.8, 4) is 5.75 Å². The highest BCUT2D eigenvalue weighted by molar-refractivity contribution is 5.84. The van der Waals surface area contributed by atoms with Gasteiger partial charge in [-0.1, -0.05) is 36.4 Å². The minimum absolute atomic E-state index is 0.122. The Morgan fingerprint density at radius 1 is 1.20 bits per heavy atom. The van der Waals surface area contributed by atoms with Gasteiger partial charge in [0, 0.05) is 17.5 Å². The van der Waals surface area contributed by atoms with Crippen molar-refractivity contribution >= 4 is 16.9 Å². The summed E-state index contributed by atoms with van der Waals surface area (Å²) >= 11 is 0. The summed E-state index contributed by atoms with van der Waals surface area (Å²) in [5.41, 5.74) is 8.65. The number of hydroxylamine groups is 2. The number of amides is 2. The first-order valence-corrected chi connectivity index (χ1v) is 7.99. The number of urea groups is 1. The van der Waals surface area contributed by atoms with Crippen LogP contribution in [-0.2, 0) is 6.42 Å². The van der Waals surface area contributed by atoms with E-state index in [1.165, 1.54) is 0 Å². The van der Waals surface area contributed by atoms with E-state index in [4.69, 9.17) is 5.73 Å². The number of phenolic OH excluding ortho intramolecular Hbond substituents is 1. The first-order chi connectivity index (χ1) is 12.1. The normalized spacial score (nSPS) is 18.9. The molecule has 2 atom stereocenters. The lowest BCUT2D eigenvalue weighted by atomic mass is 9.92. The van der Waals surface area contributed by atoms with E-state index in [1.54, 1.807) is 18.3 Å². The summed E-state index contributed by atoms with van der Waals surface area (Å²) in [6.45, 7) is 0. The fourth-order valence-electron chi connectivity index (χ4n) is 3.68. The number of phenols is 1. The van der Waals surface area contributed by atoms with E-state index in [0.29, 0.717) is 17.0 Å². The third-order valence-corrected chi connectivity index (χ3v) is 4.82. The molecule has 126 valence electrons. The first kappa shape index (κ1) is 15.4. The topological polar surface area (TPSA) is 99.7 Å². The molecule has 2 amide bonds. The molecule has 0 aliphatic heterocycles. The second kappa shape index (κ2) is 5.75. The maximum Gasteiger partial charge on any atom is 0.339 e. The maximum atomic E-state index is 11.6. The summed E-state index contributed by atoms with van der Waals surface area (Å²) < 4.78 is 0. The Balaban J connectivity index is 1.82. The van der Waals surface area contributed by atoms with E-state index in [-0.39, 0.29) is 11.7 Å². The highest BCUT2D eigenvalue weighted by Crippen LogP contribution is 2.45. The zero-order chi connectivity index (χ0) is 17.6. The SMILES string of the molecule is NC(=O)N(O)C1c2ccccc2CC1c1cnc2c(O)cccc2c1. The van der Waals surface area contributed by atoms with Gasteiger partial charge in [-0.3, -0.25) is 10.2 Å². The van der Waals surface area contributed by atoms with Gasteiger partial charge in [-0.05, 0) is 35.2 Å². The van der Waals surface area contributed by atoms with Gasteiger partial charge in [-0.15, -0.1) is 0 Å². The number of pyridine rings is 1. The summed E-state index contributed by atoms with van der Waals surface area (Å²) in [6.07, 6.45) is 2.34. The number of aromatic nitrogens is 1. The van der Waals surface area contributed by atoms with Crippen LogP contribution in [0.4, 0.5) is 4.79 Å². The molecule has 25 heavy (non-hydrogen) atoms. The zero-order valence-corrected chi connectivity index (χ0v) is 13.3. The van der Waals surface area contributed by atoms with Gasteiger partial charge in [0.05, 0.1) is 6.04 Å². The third-order valence-electron chi connectivity index (χ3n) is 4.82. The lowest BCUT2D eigenvalue weighted by Crippen LogP contribution is -2.37. The zero-order valence-electron chi connectivity index (χ0n) is 13.3. The maximum absolute atomic E-state index is 11.6. The number of nitrogens with two attached hydrogens (primary N) is 1. The summed E-state index contributed by atoms with van der Waals surface area (Å²) in [4.78, 5) is 15.9. The fourth-order valence-corrected chi connectivity index (χ4v) is 3.68. The number of rotatable bonds is 2. The van der Waals surface area contributed by atoms with Gasteiger partial charge in [0.15, 0.2) is 0 Å². The predicted octanol–water partition coefficient (Wildman–Crippen LogP) is 3.09. The molecule has 0 saturated heterocycles. The Kier molecular flexibility index (Phi) is 3.54. The summed E-state index contributed by atoms with van der Waals surface area (Å²) in [5, 5.41) is 21.6. The molecule has 0 bridgehead atoms. The summed E-state index contributed by atoms with van der Waals surface area (Å²) in [7, 11) is 0. The molecule has 4 rings (SSSR count). The van der Waals surface area contributed by atoms with Crippen LogP contribution in [0.5, 0.6) is 5.75 Å². The molecular weight excluding hydrogens is 318 g/mol. The van der Waals surface area contributed by atoms with Crippen molar-refractivity contribution in [1.82, 2.24) is 10.0 Å². The van der Waals surface area contributed by atoms with E-state index >= 15 is 0 Å². The quantitative estimate of drug-likeness (QED) is 0.495. The Hall–Kier alpha value is -3.12. The van der Waals surface area contributed by atoms with E-state index in [2.05, 4.69) is 4.98 Å². The average molecular weight is 335 g/mol. The van der Waals surface area contributed by atoms with Crippen LogP contribution in [0.3, 0.4) is 0 Å². The van der Waals surface area contributed by atoms with Gasteiger partial charge in [0.1, 0.15) is 11.3 Å². The van der Waals surface area contributed by atoms with Crippen LogP contribution in [-0.4, -0.2) is 26.4 Å². The van der Waals surface area contributed by atoms with Gasteiger partial charge in [0.25, 0.3) is 0 Å². The number of benzene rings is 2.